The van der Waals surface area contributed by atoms with Crippen LogP contribution in [0.2, 0.25) is 0 Å². The maximum absolute atomic E-state index is 12.0. The third kappa shape index (κ3) is 4.70. The molecule has 2 atom stereocenters. The number of ether oxygens (including phenoxy) is 2. The van der Waals surface area contributed by atoms with Crippen molar-refractivity contribution >= 4 is 12.1 Å². The fourth-order valence-corrected chi connectivity index (χ4v) is 2.13. The number of carbonyl (C=O) groups is 2. The number of nitrogens with zero attached hydrogens (tertiary/aromatic N) is 1. The maximum Gasteiger partial charge on any atom is 0.410 e. The average molecular weight is 273 g/mol. The molecule has 110 valence electrons. The van der Waals surface area contributed by atoms with Crippen LogP contribution < -0.4 is 0 Å². The van der Waals surface area contributed by atoms with Crippen LogP contribution in [0.4, 0.5) is 4.79 Å². The smallest absolute Gasteiger partial charge is 0.410 e. The third-order valence-corrected chi connectivity index (χ3v) is 2.97. The molecule has 0 bridgehead atoms. The summed E-state index contributed by atoms with van der Waals surface area (Å²) >= 11 is 0. The van der Waals surface area contributed by atoms with E-state index < -0.39 is 23.8 Å². The number of amides is 1. The van der Waals surface area contributed by atoms with E-state index >= 15 is 0 Å². The van der Waals surface area contributed by atoms with Gasteiger partial charge in [0, 0.05) is 6.54 Å². The van der Waals surface area contributed by atoms with Crippen LogP contribution in [0.25, 0.3) is 0 Å². The first kappa shape index (κ1) is 15.8. The molecule has 0 aromatic heterocycles. The van der Waals surface area contributed by atoms with Crippen molar-refractivity contribution in [3.8, 4) is 0 Å². The molecule has 1 heterocycles. The largest absolute Gasteiger partial charge is 0.469 e. The number of aliphatic hydroxyl groups excluding tert-OH is 1. The molecular weight excluding hydrogens is 250 g/mol. The lowest BCUT2D eigenvalue weighted by Crippen LogP contribution is -2.45. The van der Waals surface area contributed by atoms with E-state index in [4.69, 9.17) is 4.74 Å². The number of hydrogen-bond donors (Lipinski definition) is 1. The minimum Gasteiger partial charge on any atom is -0.469 e. The Kier molecular flexibility index (Phi) is 5.17. The molecule has 0 spiro atoms. The highest BCUT2D eigenvalue weighted by atomic mass is 16.6. The van der Waals surface area contributed by atoms with Gasteiger partial charge in [-0.15, -0.1) is 0 Å². The first-order valence-corrected chi connectivity index (χ1v) is 6.49. The van der Waals surface area contributed by atoms with Gasteiger partial charge in [0.05, 0.1) is 25.7 Å². The van der Waals surface area contributed by atoms with Gasteiger partial charge < -0.3 is 19.5 Å². The number of esters is 1. The number of aliphatic hydroxyl groups is 1. The summed E-state index contributed by atoms with van der Waals surface area (Å²) in [5.41, 5.74) is -0.572. The van der Waals surface area contributed by atoms with Crippen LogP contribution in [0.3, 0.4) is 0 Å². The van der Waals surface area contributed by atoms with E-state index in [-0.39, 0.29) is 12.5 Å². The molecule has 1 aliphatic heterocycles. The monoisotopic (exact) mass is 273 g/mol. The SMILES string of the molecule is COC(=O)CC(O)C1CCCN1C(=O)OC(C)(C)C. The molecule has 0 aliphatic carbocycles. The molecule has 0 aromatic carbocycles. The molecule has 6 nitrogen and oxygen atoms in total. The van der Waals surface area contributed by atoms with Crippen molar-refractivity contribution in [1.82, 2.24) is 4.90 Å². The first-order chi connectivity index (χ1) is 8.74. The first-order valence-electron chi connectivity index (χ1n) is 6.49. The Morgan fingerprint density at radius 1 is 1.42 bits per heavy atom. The minimum absolute atomic E-state index is 0.111. The highest BCUT2D eigenvalue weighted by molar-refractivity contribution is 5.71. The summed E-state index contributed by atoms with van der Waals surface area (Å²) in [4.78, 5) is 24.7. The third-order valence-electron chi connectivity index (χ3n) is 2.97. The molecule has 1 amide bonds. The highest BCUT2D eigenvalue weighted by Crippen LogP contribution is 2.24. The van der Waals surface area contributed by atoms with Crippen molar-refractivity contribution in [2.45, 2.75) is 57.8 Å². The van der Waals surface area contributed by atoms with E-state index in [1.165, 1.54) is 12.0 Å². The Hall–Kier alpha value is -1.30. The summed E-state index contributed by atoms with van der Waals surface area (Å²) < 4.78 is 9.82. The average Bonchev–Trinajstić information content (AvgIpc) is 2.75. The molecule has 1 fully saturated rings. The van der Waals surface area contributed by atoms with Gasteiger partial charge in [-0.1, -0.05) is 0 Å². The zero-order valence-electron chi connectivity index (χ0n) is 12.0. The highest BCUT2D eigenvalue weighted by Gasteiger charge is 2.37. The summed E-state index contributed by atoms with van der Waals surface area (Å²) in [6.07, 6.45) is -0.0126. The Morgan fingerprint density at radius 2 is 2.05 bits per heavy atom. The van der Waals surface area contributed by atoms with Crippen molar-refractivity contribution < 1.29 is 24.2 Å². The summed E-state index contributed by atoms with van der Waals surface area (Å²) in [7, 11) is 1.27. The van der Waals surface area contributed by atoms with E-state index in [1.54, 1.807) is 20.8 Å². The van der Waals surface area contributed by atoms with Crippen LogP contribution in [-0.2, 0) is 14.3 Å². The summed E-state index contributed by atoms with van der Waals surface area (Å²) in [6, 6.07) is -0.381. The Morgan fingerprint density at radius 3 is 2.58 bits per heavy atom. The molecule has 19 heavy (non-hydrogen) atoms. The van der Waals surface area contributed by atoms with Crippen LogP contribution in [0.1, 0.15) is 40.0 Å². The zero-order chi connectivity index (χ0) is 14.6. The van der Waals surface area contributed by atoms with E-state index in [0.717, 1.165) is 6.42 Å². The second-order valence-corrected chi connectivity index (χ2v) is 5.73. The standard InChI is InChI=1S/C13H23NO5/c1-13(2,3)19-12(17)14-7-5-6-9(14)10(15)8-11(16)18-4/h9-10,15H,5-8H2,1-4H3. The molecule has 1 rings (SSSR count). The molecule has 6 heteroatoms. The molecule has 2 unspecified atom stereocenters. The number of methoxy groups -OCH3 is 1. The molecule has 1 N–H and O–H groups in total. The van der Waals surface area contributed by atoms with Gasteiger partial charge in [0.1, 0.15) is 5.60 Å². The lowest BCUT2D eigenvalue weighted by Gasteiger charge is -2.30. The Bertz CT molecular complexity index is 336. The van der Waals surface area contributed by atoms with E-state index in [9.17, 15) is 14.7 Å². The van der Waals surface area contributed by atoms with Gasteiger partial charge in [0.25, 0.3) is 0 Å². The second-order valence-electron chi connectivity index (χ2n) is 5.73. The molecule has 1 saturated heterocycles. The topological polar surface area (TPSA) is 76.1 Å². The van der Waals surface area contributed by atoms with Gasteiger partial charge in [0.15, 0.2) is 0 Å². The normalized spacial score (nSPS) is 21.1. The Labute approximate surface area is 113 Å². The van der Waals surface area contributed by atoms with Crippen LogP contribution in [0, 0.1) is 0 Å². The Balaban J connectivity index is 2.63. The second kappa shape index (κ2) is 6.23. The predicted octanol–water partition coefficient (Wildman–Crippen LogP) is 1.31. The number of carbonyl (C=O) groups excluding carboxylic acids is 2. The molecule has 0 aromatic rings. The van der Waals surface area contributed by atoms with E-state index in [1.807, 2.05) is 0 Å². The molecule has 0 radical (unpaired) electrons. The molecular formula is C13H23NO5. The van der Waals surface area contributed by atoms with Gasteiger partial charge in [-0.2, -0.15) is 0 Å². The van der Waals surface area contributed by atoms with Crippen molar-refractivity contribution in [2.75, 3.05) is 13.7 Å². The van der Waals surface area contributed by atoms with Crippen molar-refractivity contribution in [1.29, 1.82) is 0 Å². The number of likely N-dealkylation sites (tertiary alicyclic amines) is 1. The van der Waals surface area contributed by atoms with Crippen LogP contribution in [-0.4, -0.2) is 53.5 Å². The minimum atomic E-state index is -0.914. The fraction of sp³-hybridized carbons (Fsp3) is 0.846. The summed E-state index contributed by atoms with van der Waals surface area (Å²) in [6.45, 7) is 5.92. The fourth-order valence-electron chi connectivity index (χ4n) is 2.13. The van der Waals surface area contributed by atoms with Gasteiger partial charge in [-0.3, -0.25) is 4.79 Å². The predicted molar refractivity (Wildman–Crippen MR) is 68.6 cm³/mol. The quantitative estimate of drug-likeness (QED) is 0.785. The van der Waals surface area contributed by atoms with Gasteiger partial charge in [-0.05, 0) is 33.6 Å². The van der Waals surface area contributed by atoms with Crippen LogP contribution >= 0.6 is 0 Å². The van der Waals surface area contributed by atoms with Crippen molar-refractivity contribution in [3.63, 3.8) is 0 Å². The zero-order valence-corrected chi connectivity index (χ0v) is 12.0. The van der Waals surface area contributed by atoms with Gasteiger partial charge in [-0.25, -0.2) is 4.79 Å². The molecule has 1 aliphatic rings. The van der Waals surface area contributed by atoms with Crippen molar-refractivity contribution in [2.24, 2.45) is 0 Å². The summed E-state index contributed by atoms with van der Waals surface area (Å²) in [5, 5.41) is 10.0. The lowest BCUT2D eigenvalue weighted by atomic mass is 10.1. The van der Waals surface area contributed by atoms with Gasteiger partial charge >= 0.3 is 12.1 Å². The number of hydrogen-bond acceptors (Lipinski definition) is 5. The van der Waals surface area contributed by atoms with Gasteiger partial charge in [0.2, 0.25) is 0 Å². The number of rotatable bonds is 3. The van der Waals surface area contributed by atoms with E-state index in [0.29, 0.717) is 13.0 Å². The summed E-state index contributed by atoms with van der Waals surface area (Å²) in [5.74, 6) is -0.483. The lowest BCUT2D eigenvalue weighted by molar-refractivity contribution is -0.143. The van der Waals surface area contributed by atoms with Crippen molar-refractivity contribution in [3.05, 3.63) is 0 Å². The maximum atomic E-state index is 12.0. The van der Waals surface area contributed by atoms with E-state index in [2.05, 4.69) is 4.74 Å². The van der Waals surface area contributed by atoms with Crippen LogP contribution in [0.5, 0.6) is 0 Å². The molecule has 0 saturated carbocycles. The van der Waals surface area contributed by atoms with Crippen LogP contribution in [0.15, 0.2) is 0 Å².